The summed E-state index contributed by atoms with van der Waals surface area (Å²) in [7, 11) is 1.64. The number of likely N-dealkylation sites (tertiary alicyclic amines) is 1. The first kappa shape index (κ1) is 16.8. The van der Waals surface area contributed by atoms with E-state index < -0.39 is 0 Å². The minimum Gasteiger partial charge on any atom is -0.497 e. The maximum absolute atomic E-state index is 13.1. The van der Waals surface area contributed by atoms with Crippen molar-refractivity contribution < 1.29 is 14.6 Å². The topological polar surface area (TPSA) is 54.7 Å². The monoisotopic (exact) mass is 330 g/mol. The van der Waals surface area contributed by atoms with Crippen LogP contribution in [0.5, 0.6) is 5.75 Å². The van der Waals surface area contributed by atoms with Crippen molar-refractivity contribution in [1.29, 1.82) is 0 Å². The number of aryl methyl sites for hydroxylation is 1. The predicted octanol–water partition coefficient (Wildman–Crippen LogP) is 2.97. The molecule has 5 nitrogen and oxygen atoms in total. The van der Waals surface area contributed by atoms with Gasteiger partial charge in [0, 0.05) is 36.2 Å². The molecule has 1 aromatic heterocycles. The fourth-order valence-corrected chi connectivity index (χ4v) is 3.60. The van der Waals surface area contributed by atoms with Gasteiger partial charge in [-0.3, -0.25) is 4.79 Å². The molecule has 0 atom stereocenters. The molecule has 1 amide bonds. The number of carbonyl (C=O) groups is 1. The van der Waals surface area contributed by atoms with E-state index >= 15 is 0 Å². The molecule has 0 bridgehead atoms. The molecule has 0 unspecified atom stereocenters. The van der Waals surface area contributed by atoms with Gasteiger partial charge in [-0.25, -0.2) is 0 Å². The molecule has 0 radical (unpaired) electrons. The van der Waals surface area contributed by atoms with Crippen LogP contribution < -0.4 is 4.74 Å². The fourth-order valence-electron chi connectivity index (χ4n) is 3.60. The van der Waals surface area contributed by atoms with Gasteiger partial charge in [-0.15, -0.1) is 0 Å². The summed E-state index contributed by atoms with van der Waals surface area (Å²) in [5.41, 5.74) is 2.86. The Balaban J connectivity index is 2.08. The number of aliphatic hydroxyl groups is 1. The van der Waals surface area contributed by atoms with E-state index in [2.05, 4.69) is 11.5 Å². The number of piperidine rings is 1. The number of ether oxygens (including phenoxy) is 1. The largest absolute Gasteiger partial charge is 0.497 e. The predicted molar refractivity (Wildman–Crippen MR) is 94.7 cm³/mol. The maximum Gasteiger partial charge on any atom is 0.256 e. The van der Waals surface area contributed by atoms with Gasteiger partial charge in [0.2, 0.25) is 0 Å². The zero-order valence-corrected chi connectivity index (χ0v) is 14.7. The minimum atomic E-state index is -0.281. The number of hydrogen-bond donors (Lipinski definition) is 1. The lowest BCUT2D eigenvalue weighted by Gasteiger charge is -2.29. The molecule has 1 saturated heterocycles. The number of nitrogens with zero attached hydrogens (tertiary/aromatic N) is 2. The molecule has 130 valence electrons. The number of carbonyl (C=O) groups excluding carboxylic acids is 1. The van der Waals surface area contributed by atoms with Gasteiger partial charge in [-0.05, 0) is 44.4 Å². The molecule has 24 heavy (non-hydrogen) atoms. The molecule has 1 aliphatic rings. The van der Waals surface area contributed by atoms with Gasteiger partial charge >= 0.3 is 0 Å². The van der Waals surface area contributed by atoms with E-state index in [4.69, 9.17) is 4.74 Å². The molecule has 1 N–H and O–H groups in total. The van der Waals surface area contributed by atoms with Gasteiger partial charge in [0.05, 0.1) is 18.8 Å². The van der Waals surface area contributed by atoms with Crippen molar-refractivity contribution in [3.63, 3.8) is 0 Å². The molecular formula is C19H26N2O3. The maximum atomic E-state index is 13.1. The number of benzene rings is 1. The molecular weight excluding hydrogens is 304 g/mol. The third-order valence-corrected chi connectivity index (χ3v) is 4.94. The summed E-state index contributed by atoms with van der Waals surface area (Å²) >= 11 is 0. The molecule has 0 spiro atoms. The first-order chi connectivity index (χ1) is 11.6. The second kappa shape index (κ2) is 6.85. The zero-order valence-electron chi connectivity index (χ0n) is 14.7. The molecule has 1 aliphatic heterocycles. The van der Waals surface area contributed by atoms with E-state index in [0.717, 1.165) is 40.9 Å². The zero-order chi connectivity index (χ0) is 17.3. The van der Waals surface area contributed by atoms with E-state index in [-0.39, 0.29) is 12.0 Å². The van der Waals surface area contributed by atoms with Gasteiger partial charge in [-0.2, -0.15) is 0 Å². The van der Waals surface area contributed by atoms with Crippen LogP contribution in [0.3, 0.4) is 0 Å². The average Bonchev–Trinajstić information content (AvgIpc) is 2.86. The highest BCUT2D eigenvalue weighted by Crippen LogP contribution is 2.31. The van der Waals surface area contributed by atoms with Crippen LogP contribution in [0.15, 0.2) is 18.2 Å². The SMILES string of the molecule is CCCn1c(C)c(C(=O)N2CCC(O)CC2)c2cc(OC)ccc21. The first-order valence-electron chi connectivity index (χ1n) is 8.71. The van der Waals surface area contributed by atoms with Crippen molar-refractivity contribution in [3.05, 3.63) is 29.5 Å². The summed E-state index contributed by atoms with van der Waals surface area (Å²) < 4.78 is 7.58. The van der Waals surface area contributed by atoms with Gasteiger partial charge < -0.3 is 19.3 Å². The first-order valence-corrected chi connectivity index (χ1v) is 8.71. The molecule has 2 heterocycles. The van der Waals surface area contributed by atoms with E-state index in [1.54, 1.807) is 7.11 Å². The Morgan fingerprint density at radius 1 is 1.33 bits per heavy atom. The number of hydrogen-bond acceptors (Lipinski definition) is 3. The van der Waals surface area contributed by atoms with Crippen LogP contribution in [-0.4, -0.2) is 46.8 Å². The standard InChI is InChI=1S/C19H26N2O3/c1-4-9-21-13(2)18(16-12-15(24-3)5-6-17(16)21)19(23)20-10-7-14(22)8-11-20/h5-6,12,14,22H,4,7-11H2,1-3H3. The number of fused-ring (bicyclic) bond motifs is 1. The number of aromatic nitrogens is 1. The van der Waals surface area contributed by atoms with Crippen molar-refractivity contribution in [1.82, 2.24) is 9.47 Å². The second-order valence-corrected chi connectivity index (χ2v) is 6.52. The Kier molecular flexibility index (Phi) is 4.81. The van der Waals surface area contributed by atoms with Crippen molar-refractivity contribution in [2.24, 2.45) is 0 Å². The molecule has 1 aromatic carbocycles. The molecule has 3 rings (SSSR count). The molecule has 0 saturated carbocycles. The Hall–Kier alpha value is -2.01. The van der Waals surface area contributed by atoms with E-state index in [1.807, 2.05) is 30.0 Å². The highest BCUT2D eigenvalue weighted by Gasteiger charge is 2.27. The fraction of sp³-hybridized carbons (Fsp3) is 0.526. The van der Waals surface area contributed by atoms with Crippen LogP contribution in [-0.2, 0) is 6.54 Å². The highest BCUT2D eigenvalue weighted by atomic mass is 16.5. The number of amides is 1. The summed E-state index contributed by atoms with van der Waals surface area (Å²) in [5.74, 6) is 0.826. The van der Waals surface area contributed by atoms with E-state index in [9.17, 15) is 9.90 Å². The van der Waals surface area contributed by atoms with E-state index in [1.165, 1.54) is 0 Å². The Morgan fingerprint density at radius 2 is 2.04 bits per heavy atom. The van der Waals surface area contributed by atoms with Crippen molar-refractivity contribution in [2.45, 2.75) is 45.8 Å². The number of methoxy groups -OCH3 is 1. The van der Waals surface area contributed by atoms with Crippen LogP contribution in [0.1, 0.15) is 42.2 Å². The van der Waals surface area contributed by atoms with Crippen LogP contribution in [0.4, 0.5) is 0 Å². The Labute approximate surface area is 142 Å². The van der Waals surface area contributed by atoms with Crippen molar-refractivity contribution >= 4 is 16.8 Å². The lowest BCUT2D eigenvalue weighted by atomic mass is 10.0. The number of rotatable bonds is 4. The Bertz CT molecular complexity index is 743. The lowest BCUT2D eigenvalue weighted by Crippen LogP contribution is -2.40. The van der Waals surface area contributed by atoms with Gasteiger partial charge in [0.1, 0.15) is 5.75 Å². The Morgan fingerprint density at radius 3 is 2.67 bits per heavy atom. The normalized spacial score (nSPS) is 15.9. The number of aliphatic hydroxyl groups excluding tert-OH is 1. The third kappa shape index (κ3) is 2.88. The minimum absolute atomic E-state index is 0.0625. The van der Waals surface area contributed by atoms with Gasteiger partial charge in [0.15, 0.2) is 0 Å². The highest BCUT2D eigenvalue weighted by molar-refractivity contribution is 6.08. The summed E-state index contributed by atoms with van der Waals surface area (Å²) in [4.78, 5) is 15.0. The van der Waals surface area contributed by atoms with Gasteiger partial charge in [-0.1, -0.05) is 6.92 Å². The molecule has 5 heteroatoms. The summed E-state index contributed by atoms with van der Waals surface area (Å²) in [5, 5.41) is 10.6. The van der Waals surface area contributed by atoms with Crippen LogP contribution in [0, 0.1) is 6.92 Å². The van der Waals surface area contributed by atoms with Crippen LogP contribution in [0.25, 0.3) is 10.9 Å². The van der Waals surface area contributed by atoms with Crippen molar-refractivity contribution in [2.75, 3.05) is 20.2 Å². The summed E-state index contributed by atoms with van der Waals surface area (Å²) in [6.07, 6.45) is 2.04. The quantitative estimate of drug-likeness (QED) is 0.938. The summed E-state index contributed by atoms with van der Waals surface area (Å²) in [6.45, 7) is 6.28. The van der Waals surface area contributed by atoms with Crippen molar-refractivity contribution in [3.8, 4) is 5.75 Å². The molecule has 2 aromatic rings. The summed E-state index contributed by atoms with van der Waals surface area (Å²) in [6, 6.07) is 5.94. The van der Waals surface area contributed by atoms with E-state index in [0.29, 0.717) is 25.9 Å². The molecule has 0 aliphatic carbocycles. The van der Waals surface area contributed by atoms with Gasteiger partial charge in [0.25, 0.3) is 5.91 Å². The smallest absolute Gasteiger partial charge is 0.256 e. The van der Waals surface area contributed by atoms with Crippen LogP contribution in [0.2, 0.25) is 0 Å². The molecule has 1 fully saturated rings. The van der Waals surface area contributed by atoms with Crippen LogP contribution >= 0.6 is 0 Å². The average molecular weight is 330 g/mol. The lowest BCUT2D eigenvalue weighted by molar-refractivity contribution is 0.0547. The third-order valence-electron chi connectivity index (χ3n) is 4.94. The second-order valence-electron chi connectivity index (χ2n) is 6.52.